The Morgan fingerprint density at radius 1 is 1.21 bits per heavy atom. The van der Waals surface area contributed by atoms with Crippen LogP contribution in [0.15, 0.2) is 18.2 Å². The maximum atomic E-state index is 5.55. The average molecular weight is 205 g/mol. The van der Waals surface area contributed by atoms with Crippen LogP contribution in [-0.2, 0) is 0 Å². The Kier molecular flexibility index (Phi) is 2.21. The maximum absolute atomic E-state index is 5.55. The summed E-state index contributed by atoms with van der Waals surface area (Å²) in [6.07, 6.45) is 0. The van der Waals surface area contributed by atoms with Crippen molar-refractivity contribution in [1.82, 2.24) is 10.2 Å². The summed E-state index contributed by atoms with van der Waals surface area (Å²) in [7, 11) is 0. The van der Waals surface area contributed by atoms with Crippen molar-refractivity contribution in [3.05, 3.63) is 29.3 Å². The second kappa shape index (κ2) is 3.38. The van der Waals surface area contributed by atoms with Crippen molar-refractivity contribution >= 4 is 16.5 Å². The zero-order valence-corrected chi connectivity index (χ0v) is 8.93. The van der Waals surface area contributed by atoms with Crippen molar-refractivity contribution in [3.63, 3.8) is 0 Å². The van der Waals surface area contributed by atoms with Gasteiger partial charge >= 0.3 is 0 Å². The Bertz CT molecular complexity index is 462. The fourth-order valence-electron chi connectivity index (χ4n) is 1.33. The summed E-state index contributed by atoms with van der Waals surface area (Å²) >= 11 is 1.42. The Balaban J connectivity index is 2.57. The zero-order valence-electron chi connectivity index (χ0n) is 8.11. The van der Waals surface area contributed by atoms with Crippen LogP contribution in [0, 0.1) is 13.8 Å². The average Bonchev–Trinajstić information content (AvgIpc) is 2.57. The fourth-order valence-corrected chi connectivity index (χ4v) is 2.02. The number of rotatable bonds is 1. The zero-order chi connectivity index (χ0) is 10.1. The lowest BCUT2D eigenvalue weighted by Gasteiger charge is -2.03. The number of aryl methyl sites for hydroxylation is 1. The molecule has 0 atom stereocenters. The molecule has 0 bridgehead atoms. The standard InChI is InChI=1S/C10H11N3S/c1-6-4-3-5-8(7(6)2)9-12-13-10(11)14-9/h3-5H,1-2H3,(H2,11,13). The van der Waals surface area contributed by atoms with E-state index >= 15 is 0 Å². The summed E-state index contributed by atoms with van der Waals surface area (Å²) in [5.74, 6) is 0. The first-order valence-electron chi connectivity index (χ1n) is 4.34. The molecular weight excluding hydrogens is 194 g/mol. The number of anilines is 1. The Hall–Kier alpha value is -1.42. The summed E-state index contributed by atoms with van der Waals surface area (Å²) in [5.41, 5.74) is 9.17. The minimum Gasteiger partial charge on any atom is -0.374 e. The highest BCUT2D eigenvalue weighted by Gasteiger charge is 2.07. The predicted octanol–water partition coefficient (Wildman–Crippen LogP) is 2.40. The van der Waals surface area contributed by atoms with Gasteiger partial charge in [-0.25, -0.2) is 0 Å². The third-order valence-electron chi connectivity index (χ3n) is 2.28. The van der Waals surface area contributed by atoms with Gasteiger partial charge in [0.25, 0.3) is 0 Å². The van der Waals surface area contributed by atoms with Gasteiger partial charge in [-0.2, -0.15) is 0 Å². The quantitative estimate of drug-likeness (QED) is 0.777. The fraction of sp³-hybridized carbons (Fsp3) is 0.200. The van der Waals surface area contributed by atoms with Gasteiger partial charge in [0.1, 0.15) is 5.01 Å². The van der Waals surface area contributed by atoms with E-state index in [9.17, 15) is 0 Å². The number of nitrogen functional groups attached to an aromatic ring is 1. The highest BCUT2D eigenvalue weighted by molar-refractivity contribution is 7.18. The van der Waals surface area contributed by atoms with Crippen molar-refractivity contribution in [3.8, 4) is 10.6 Å². The van der Waals surface area contributed by atoms with E-state index in [1.807, 2.05) is 12.1 Å². The van der Waals surface area contributed by atoms with E-state index in [0.29, 0.717) is 5.13 Å². The highest BCUT2D eigenvalue weighted by atomic mass is 32.1. The van der Waals surface area contributed by atoms with Gasteiger partial charge < -0.3 is 5.73 Å². The van der Waals surface area contributed by atoms with Gasteiger partial charge in [-0.3, -0.25) is 0 Å². The van der Waals surface area contributed by atoms with E-state index in [-0.39, 0.29) is 0 Å². The van der Waals surface area contributed by atoms with Crippen molar-refractivity contribution in [1.29, 1.82) is 0 Å². The van der Waals surface area contributed by atoms with E-state index in [1.54, 1.807) is 0 Å². The van der Waals surface area contributed by atoms with Gasteiger partial charge in [0.15, 0.2) is 0 Å². The van der Waals surface area contributed by atoms with Crippen LogP contribution < -0.4 is 5.73 Å². The maximum Gasteiger partial charge on any atom is 0.203 e. The van der Waals surface area contributed by atoms with Crippen molar-refractivity contribution in [2.75, 3.05) is 5.73 Å². The van der Waals surface area contributed by atoms with Crippen LogP contribution in [0.2, 0.25) is 0 Å². The van der Waals surface area contributed by atoms with E-state index < -0.39 is 0 Å². The number of hydrogen-bond acceptors (Lipinski definition) is 4. The lowest BCUT2D eigenvalue weighted by atomic mass is 10.0. The topological polar surface area (TPSA) is 51.8 Å². The lowest BCUT2D eigenvalue weighted by molar-refractivity contribution is 1.10. The number of nitrogens with zero attached hydrogens (tertiary/aromatic N) is 2. The molecule has 2 rings (SSSR count). The van der Waals surface area contributed by atoms with Gasteiger partial charge in [0.2, 0.25) is 5.13 Å². The first kappa shape index (κ1) is 9.15. The summed E-state index contributed by atoms with van der Waals surface area (Å²) < 4.78 is 0. The molecule has 2 aromatic rings. The third-order valence-corrected chi connectivity index (χ3v) is 3.06. The number of hydrogen-bond donors (Lipinski definition) is 1. The molecule has 0 aliphatic rings. The molecule has 2 N–H and O–H groups in total. The molecule has 0 amide bonds. The number of benzene rings is 1. The number of nitrogens with two attached hydrogens (primary N) is 1. The molecule has 1 heterocycles. The first-order valence-corrected chi connectivity index (χ1v) is 5.15. The minimum atomic E-state index is 0.515. The molecule has 72 valence electrons. The molecule has 0 spiro atoms. The molecule has 14 heavy (non-hydrogen) atoms. The van der Waals surface area contributed by atoms with E-state index in [1.165, 1.54) is 22.5 Å². The van der Waals surface area contributed by atoms with Crippen LogP contribution in [-0.4, -0.2) is 10.2 Å². The number of aromatic nitrogens is 2. The third kappa shape index (κ3) is 1.48. The van der Waals surface area contributed by atoms with E-state index in [2.05, 4.69) is 30.1 Å². The van der Waals surface area contributed by atoms with Crippen LogP contribution in [0.3, 0.4) is 0 Å². The molecular formula is C10H11N3S. The second-order valence-electron chi connectivity index (χ2n) is 3.19. The molecule has 3 nitrogen and oxygen atoms in total. The lowest BCUT2D eigenvalue weighted by Crippen LogP contribution is -1.86. The molecule has 1 aromatic heterocycles. The largest absolute Gasteiger partial charge is 0.374 e. The van der Waals surface area contributed by atoms with Gasteiger partial charge in [-0.05, 0) is 25.0 Å². The van der Waals surface area contributed by atoms with Crippen LogP contribution in [0.4, 0.5) is 5.13 Å². The van der Waals surface area contributed by atoms with Gasteiger partial charge in [0.05, 0.1) is 0 Å². The first-order chi connectivity index (χ1) is 6.68. The smallest absolute Gasteiger partial charge is 0.203 e. The van der Waals surface area contributed by atoms with Crippen molar-refractivity contribution < 1.29 is 0 Å². The summed E-state index contributed by atoms with van der Waals surface area (Å²) in [6, 6.07) is 6.15. The molecule has 0 aliphatic heterocycles. The summed E-state index contributed by atoms with van der Waals surface area (Å²) in [5, 5.41) is 9.25. The molecule has 0 saturated carbocycles. The summed E-state index contributed by atoms with van der Waals surface area (Å²) in [4.78, 5) is 0. The minimum absolute atomic E-state index is 0.515. The SMILES string of the molecule is Cc1cccc(-c2nnc(N)s2)c1C. The molecule has 1 aromatic carbocycles. The Morgan fingerprint density at radius 2 is 2.00 bits per heavy atom. The van der Waals surface area contributed by atoms with Gasteiger partial charge in [-0.1, -0.05) is 29.5 Å². The van der Waals surface area contributed by atoms with Crippen LogP contribution in [0.5, 0.6) is 0 Å². The van der Waals surface area contributed by atoms with E-state index in [0.717, 1.165) is 10.6 Å². The highest BCUT2D eigenvalue weighted by Crippen LogP contribution is 2.28. The normalized spacial score (nSPS) is 10.4. The predicted molar refractivity (Wildman–Crippen MR) is 59.2 cm³/mol. The van der Waals surface area contributed by atoms with E-state index in [4.69, 9.17) is 5.73 Å². The van der Waals surface area contributed by atoms with Gasteiger partial charge in [0, 0.05) is 5.56 Å². The van der Waals surface area contributed by atoms with Crippen LogP contribution in [0.1, 0.15) is 11.1 Å². The molecule has 0 radical (unpaired) electrons. The van der Waals surface area contributed by atoms with Gasteiger partial charge in [-0.15, -0.1) is 10.2 Å². The molecule has 0 fully saturated rings. The molecule has 0 unspecified atom stereocenters. The second-order valence-corrected chi connectivity index (χ2v) is 4.20. The Labute approximate surface area is 86.6 Å². The van der Waals surface area contributed by atoms with Crippen LogP contribution in [0.25, 0.3) is 10.6 Å². The Morgan fingerprint density at radius 3 is 2.64 bits per heavy atom. The van der Waals surface area contributed by atoms with Crippen molar-refractivity contribution in [2.45, 2.75) is 13.8 Å². The van der Waals surface area contributed by atoms with Crippen molar-refractivity contribution in [2.24, 2.45) is 0 Å². The molecule has 4 heteroatoms. The monoisotopic (exact) mass is 205 g/mol. The molecule has 0 saturated heterocycles. The van der Waals surface area contributed by atoms with Crippen LogP contribution >= 0.6 is 11.3 Å². The summed E-state index contributed by atoms with van der Waals surface area (Å²) in [6.45, 7) is 4.17. The molecule has 0 aliphatic carbocycles.